The molecule has 5 aromatic rings. The molecule has 6 N–H and O–H groups in total. The number of nitrogens with one attached hydrogen (secondary N) is 3. The molecule has 1 saturated heterocycles. The summed E-state index contributed by atoms with van der Waals surface area (Å²) in [5.41, 5.74) is 8.74. The fraction of sp³-hybridized carbons (Fsp3) is 0.389. The van der Waals surface area contributed by atoms with E-state index in [1.165, 1.54) is 4.90 Å². The van der Waals surface area contributed by atoms with Crippen molar-refractivity contribution in [2.75, 3.05) is 25.6 Å². The number of aromatic nitrogens is 1. The molecule has 0 spiro atoms. The zero-order valence-corrected chi connectivity index (χ0v) is 41.4. The number of phenolic OH excluding ortho intramolecular Hbond substituents is 2. The zero-order chi connectivity index (χ0) is 49.5. The predicted octanol–water partition coefficient (Wildman–Crippen LogP) is 8.76. The molecule has 13 nitrogen and oxygen atoms in total. The first-order valence-electron chi connectivity index (χ1n) is 23.5. The van der Waals surface area contributed by atoms with Crippen molar-refractivity contribution >= 4 is 57.7 Å². The normalized spacial score (nSPS) is 15.5. The van der Waals surface area contributed by atoms with Crippen LogP contribution >= 0.6 is 22.9 Å². The highest BCUT2D eigenvalue weighted by Crippen LogP contribution is 2.37. The van der Waals surface area contributed by atoms with Gasteiger partial charge in [-0.1, -0.05) is 94.3 Å². The van der Waals surface area contributed by atoms with Gasteiger partial charge in [0.1, 0.15) is 35.9 Å². The zero-order valence-electron chi connectivity index (χ0n) is 39.8. The number of benzene rings is 4. The molecule has 4 aromatic carbocycles. The molecule has 366 valence electrons. The fourth-order valence-electron chi connectivity index (χ4n) is 8.42. The molecule has 0 bridgehead atoms. The van der Waals surface area contributed by atoms with E-state index in [4.69, 9.17) is 16.3 Å². The van der Waals surface area contributed by atoms with Crippen LogP contribution < -0.4 is 20.7 Å². The van der Waals surface area contributed by atoms with Gasteiger partial charge >= 0.3 is 0 Å². The maximum absolute atomic E-state index is 14.0. The number of alkyl halides is 1. The first-order valence-corrected chi connectivity index (χ1v) is 25.0. The third-order valence-electron chi connectivity index (χ3n) is 12.1. The van der Waals surface area contributed by atoms with Crippen LogP contribution in [0.2, 0.25) is 0 Å². The van der Waals surface area contributed by atoms with Gasteiger partial charge in [0.2, 0.25) is 23.6 Å². The molecular formula is C54H64ClN5O8S. The fourth-order valence-corrected chi connectivity index (χ4v) is 9.42. The van der Waals surface area contributed by atoms with E-state index in [1.54, 1.807) is 35.6 Å². The number of β-amino-alcohol motifs (C(OH)–C–C–N with tert-alkyl or cyclic N) is 1. The van der Waals surface area contributed by atoms with Crippen molar-refractivity contribution in [3.05, 3.63) is 131 Å². The summed E-state index contributed by atoms with van der Waals surface area (Å²) in [4.78, 5) is 60.1. The Balaban J connectivity index is 0.899. The Morgan fingerprint density at radius 2 is 1.39 bits per heavy atom. The summed E-state index contributed by atoms with van der Waals surface area (Å²) in [5, 5.41) is 39.2. The number of phenols is 2. The van der Waals surface area contributed by atoms with E-state index < -0.39 is 29.5 Å². The molecule has 69 heavy (non-hydrogen) atoms. The summed E-state index contributed by atoms with van der Waals surface area (Å²) < 4.78 is 5.95. The highest BCUT2D eigenvalue weighted by Gasteiger charge is 2.44. The first-order chi connectivity index (χ1) is 33.1. The Kier molecular flexibility index (Phi) is 18.8. The summed E-state index contributed by atoms with van der Waals surface area (Å²) in [5.74, 6) is 0.243. The van der Waals surface area contributed by atoms with Crippen molar-refractivity contribution in [1.82, 2.24) is 25.8 Å². The van der Waals surface area contributed by atoms with E-state index in [1.807, 2.05) is 106 Å². The number of aliphatic hydroxyl groups is 1. The highest BCUT2D eigenvalue weighted by molar-refractivity contribution is 7.13. The summed E-state index contributed by atoms with van der Waals surface area (Å²) >= 11 is 7.85. The van der Waals surface area contributed by atoms with Gasteiger partial charge in [0.25, 0.3) is 0 Å². The Bertz CT molecular complexity index is 2520. The van der Waals surface area contributed by atoms with E-state index in [0.717, 1.165) is 62.4 Å². The van der Waals surface area contributed by atoms with Crippen molar-refractivity contribution < 1.29 is 39.2 Å². The van der Waals surface area contributed by atoms with Crippen LogP contribution in [-0.4, -0.2) is 92.6 Å². The Labute approximate surface area is 414 Å². The van der Waals surface area contributed by atoms with Gasteiger partial charge in [-0.05, 0) is 107 Å². The lowest BCUT2D eigenvalue weighted by molar-refractivity contribution is -0.144. The van der Waals surface area contributed by atoms with Gasteiger partial charge in [-0.15, -0.1) is 22.9 Å². The minimum Gasteiger partial charge on any atom is -0.508 e. The SMILES string of the molecule is Cc1ncsc1-c1ccc(CNC(=O)[C@@H]2C[C@@H](O)CN2C(=O)[C@@H](NC(=O)CCCCCCC(=O)NCCOc2ccc(C(=C(CCCl)c3ccc(O)cc3)c3ccc(O)cc3)cc2)C(C)(C)C)cc1. The van der Waals surface area contributed by atoms with E-state index in [9.17, 15) is 34.5 Å². The maximum Gasteiger partial charge on any atom is 0.246 e. The molecule has 3 atom stereocenters. The van der Waals surface area contributed by atoms with Gasteiger partial charge in [0, 0.05) is 38.2 Å². The first kappa shape index (κ1) is 52.2. The molecule has 1 aliphatic heterocycles. The van der Waals surface area contributed by atoms with Gasteiger partial charge in [0.15, 0.2) is 0 Å². The van der Waals surface area contributed by atoms with Crippen LogP contribution in [0.5, 0.6) is 17.2 Å². The second-order valence-electron chi connectivity index (χ2n) is 18.5. The van der Waals surface area contributed by atoms with Gasteiger partial charge in [-0.2, -0.15) is 0 Å². The number of halogens is 1. The molecule has 0 saturated carbocycles. The Morgan fingerprint density at radius 3 is 1.97 bits per heavy atom. The summed E-state index contributed by atoms with van der Waals surface area (Å²) in [6.45, 7) is 8.42. The average Bonchev–Trinajstić information content (AvgIpc) is 3.95. The van der Waals surface area contributed by atoms with Crippen LogP contribution in [0.15, 0.2) is 103 Å². The number of unbranched alkanes of at least 4 members (excludes halogenated alkanes) is 3. The number of likely N-dealkylation sites (tertiary alicyclic amines) is 1. The minimum absolute atomic E-state index is 0.000532. The third kappa shape index (κ3) is 14.9. The van der Waals surface area contributed by atoms with Gasteiger partial charge in [0.05, 0.1) is 28.7 Å². The molecule has 0 unspecified atom stereocenters. The molecule has 15 heteroatoms. The van der Waals surface area contributed by atoms with Crippen molar-refractivity contribution in [2.45, 2.75) is 104 Å². The molecule has 1 fully saturated rings. The number of thiazole rings is 1. The van der Waals surface area contributed by atoms with E-state index >= 15 is 0 Å². The van der Waals surface area contributed by atoms with E-state index in [-0.39, 0.29) is 61.8 Å². The number of rotatable bonds is 22. The standard InChI is InChI=1S/C54H64ClN5O8S/c1-35-50(69-34-58-35)40-13-11-36(12-14-40)32-57-52(66)46-31-43(63)33-60(46)53(67)51(54(2,3)4)59-48(65)10-8-6-5-7-9-47(64)56-29-30-68-44-25-19-39(20-26-44)49(38-17-23-42(62)24-18-38)45(27-28-55)37-15-21-41(61)22-16-37/h11-26,34,43,46,51,61-63H,5-10,27-33H2,1-4H3,(H,56,64)(H,57,66)(H,59,65)/t43-,46+,51-/m1/s1. The number of aryl methyl sites for hydroxylation is 1. The number of carbonyl (C=O) groups is 4. The number of nitrogens with zero attached hydrogens (tertiary/aromatic N) is 2. The second-order valence-corrected chi connectivity index (χ2v) is 19.7. The average molecular weight is 979 g/mol. The number of hydrogen-bond acceptors (Lipinski definition) is 10. The number of carbonyl (C=O) groups excluding carboxylic acids is 4. The molecule has 0 radical (unpaired) electrons. The van der Waals surface area contributed by atoms with E-state index in [0.29, 0.717) is 43.9 Å². The van der Waals surface area contributed by atoms with Crippen LogP contribution in [0.3, 0.4) is 0 Å². The van der Waals surface area contributed by atoms with Crippen molar-refractivity contribution in [2.24, 2.45) is 5.41 Å². The number of amides is 4. The van der Waals surface area contributed by atoms with Crippen LogP contribution in [0.1, 0.15) is 100 Å². The molecule has 2 heterocycles. The van der Waals surface area contributed by atoms with Crippen LogP contribution in [-0.2, 0) is 25.7 Å². The minimum atomic E-state index is -0.904. The lowest BCUT2D eigenvalue weighted by Crippen LogP contribution is -2.57. The monoisotopic (exact) mass is 977 g/mol. The maximum atomic E-state index is 14.0. The molecule has 1 aliphatic rings. The highest BCUT2D eigenvalue weighted by atomic mass is 35.5. The van der Waals surface area contributed by atoms with Crippen molar-refractivity contribution in [1.29, 1.82) is 0 Å². The number of hydrogen-bond donors (Lipinski definition) is 6. The molecule has 4 amide bonds. The molecular weight excluding hydrogens is 914 g/mol. The number of ether oxygens (including phenoxy) is 1. The van der Waals surface area contributed by atoms with Crippen LogP contribution in [0.4, 0.5) is 0 Å². The lowest BCUT2D eigenvalue weighted by Gasteiger charge is -2.35. The quantitative estimate of drug-likeness (QED) is 0.0224. The van der Waals surface area contributed by atoms with Crippen LogP contribution in [0, 0.1) is 12.3 Å². The predicted molar refractivity (Wildman–Crippen MR) is 272 cm³/mol. The third-order valence-corrected chi connectivity index (χ3v) is 13.3. The van der Waals surface area contributed by atoms with Crippen molar-refractivity contribution in [3.8, 4) is 27.7 Å². The number of aliphatic hydroxyl groups excluding tert-OH is 1. The van der Waals surface area contributed by atoms with Crippen LogP contribution in [0.25, 0.3) is 21.6 Å². The summed E-state index contributed by atoms with van der Waals surface area (Å²) in [6.07, 6.45) is 3.10. The van der Waals surface area contributed by atoms with Gasteiger partial charge in [-0.25, -0.2) is 4.98 Å². The summed E-state index contributed by atoms with van der Waals surface area (Å²) in [6, 6.07) is 27.8. The van der Waals surface area contributed by atoms with E-state index in [2.05, 4.69) is 20.9 Å². The van der Waals surface area contributed by atoms with Crippen molar-refractivity contribution in [3.63, 3.8) is 0 Å². The number of aromatic hydroxyl groups is 2. The van der Waals surface area contributed by atoms with Gasteiger partial charge < -0.3 is 40.9 Å². The molecule has 6 rings (SSSR count). The molecule has 0 aliphatic carbocycles. The Hall–Kier alpha value is -6.22. The summed E-state index contributed by atoms with van der Waals surface area (Å²) in [7, 11) is 0. The largest absolute Gasteiger partial charge is 0.508 e. The smallest absolute Gasteiger partial charge is 0.246 e. The Morgan fingerprint density at radius 1 is 0.797 bits per heavy atom. The topological polar surface area (TPSA) is 190 Å². The second kappa shape index (κ2) is 24.9. The molecule has 1 aromatic heterocycles. The van der Waals surface area contributed by atoms with Gasteiger partial charge in [-0.3, -0.25) is 19.2 Å². The number of allylic oxidation sites excluding steroid dienone is 1. The lowest BCUT2D eigenvalue weighted by atomic mass is 9.85.